The first kappa shape index (κ1) is 28.6. The maximum atomic E-state index is 13.9. The van der Waals surface area contributed by atoms with E-state index in [9.17, 15) is 14.0 Å². The Morgan fingerprint density at radius 2 is 1.62 bits per heavy atom. The number of nitrogens with zero attached hydrogens (tertiary/aromatic N) is 3. The second-order valence-electron chi connectivity index (χ2n) is 9.36. The average molecular weight is 547 g/mol. The predicted octanol–water partition coefficient (Wildman–Crippen LogP) is 4.85. The van der Waals surface area contributed by atoms with Crippen LogP contribution in [0.15, 0.2) is 78.9 Å². The van der Waals surface area contributed by atoms with Crippen LogP contribution in [-0.4, -0.2) is 86.7 Å². The van der Waals surface area contributed by atoms with Gasteiger partial charge in [-0.05, 0) is 42.5 Å². The summed E-state index contributed by atoms with van der Waals surface area (Å²) in [5.41, 5.74) is 1.69. The molecule has 40 heavy (non-hydrogen) atoms. The van der Waals surface area contributed by atoms with Crippen LogP contribution in [0.4, 0.5) is 14.9 Å². The standard InChI is InChI=1S/C31H35FN4O4/c1-39-26-15-13-25(14-16-26)30(37)35(17-7-9-24-8-3-6-12-29(24)40-2)21-18-34-19-22-36(23-20-34)31(38)33-28-11-5-4-10-27(28)32/h3-16H,17-23H2,1-2H3,(H,33,38)/b9-7+. The Morgan fingerprint density at radius 1 is 0.925 bits per heavy atom. The van der Waals surface area contributed by atoms with E-state index in [2.05, 4.69) is 10.2 Å². The third kappa shape index (κ3) is 7.60. The number of rotatable bonds is 10. The van der Waals surface area contributed by atoms with E-state index in [0.717, 1.165) is 11.3 Å². The van der Waals surface area contributed by atoms with Crippen molar-refractivity contribution in [2.45, 2.75) is 0 Å². The molecule has 1 saturated heterocycles. The van der Waals surface area contributed by atoms with Crippen molar-refractivity contribution < 1.29 is 23.5 Å². The van der Waals surface area contributed by atoms with Crippen LogP contribution in [0.25, 0.3) is 6.08 Å². The number of methoxy groups -OCH3 is 2. The SMILES string of the molecule is COc1ccc(C(=O)N(C/C=C/c2ccccc2OC)CCN2CCN(C(=O)Nc3ccccc3F)CC2)cc1. The van der Waals surface area contributed by atoms with Crippen LogP contribution in [0, 0.1) is 5.82 Å². The molecule has 0 bridgehead atoms. The minimum atomic E-state index is -0.462. The number of urea groups is 1. The quantitative estimate of drug-likeness (QED) is 0.394. The van der Waals surface area contributed by atoms with Gasteiger partial charge >= 0.3 is 6.03 Å². The van der Waals surface area contributed by atoms with Crippen molar-refractivity contribution in [3.8, 4) is 11.5 Å². The van der Waals surface area contributed by atoms with Gasteiger partial charge in [-0.3, -0.25) is 9.69 Å². The van der Waals surface area contributed by atoms with Crippen LogP contribution in [0.5, 0.6) is 11.5 Å². The zero-order valence-electron chi connectivity index (χ0n) is 22.9. The average Bonchev–Trinajstić information content (AvgIpc) is 3.00. The monoisotopic (exact) mass is 546 g/mol. The van der Waals surface area contributed by atoms with Gasteiger partial charge in [0.15, 0.2) is 0 Å². The Bertz CT molecular complexity index is 1310. The van der Waals surface area contributed by atoms with Gasteiger partial charge in [0.1, 0.15) is 17.3 Å². The summed E-state index contributed by atoms with van der Waals surface area (Å²) in [6.45, 7) is 3.95. The van der Waals surface area contributed by atoms with Gasteiger partial charge in [0.2, 0.25) is 0 Å². The van der Waals surface area contributed by atoms with Gasteiger partial charge in [0.25, 0.3) is 5.91 Å². The van der Waals surface area contributed by atoms with Crippen molar-refractivity contribution in [2.24, 2.45) is 0 Å². The second kappa shape index (κ2) is 14.1. The summed E-state index contributed by atoms with van der Waals surface area (Å²) in [5.74, 6) is 0.922. The number of carbonyl (C=O) groups excluding carboxylic acids is 2. The lowest BCUT2D eigenvalue weighted by atomic mass is 10.1. The van der Waals surface area contributed by atoms with E-state index >= 15 is 0 Å². The summed E-state index contributed by atoms with van der Waals surface area (Å²) < 4.78 is 24.6. The minimum Gasteiger partial charge on any atom is -0.497 e. The molecule has 0 aromatic heterocycles. The molecule has 3 amide bonds. The molecule has 210 valence electrons. The molecule has 3 aromatic rings. The molecular weight excluding hydrogens is 511 g/mol. The van der Waals surface area contributed by atoms with Crippen molar-refractivity contribution in [2.75, 3.05) is 65.3 Å². The van der Waals surface area contributed by atoms with Crippen molar-refractivity contribution >= 4 is 23.7 Å². The molecule has 0 radical (unpaired) electrons. The number of hydrogen-bond acceptors (Lipinski definition) is 5. The highest BCUT2D eigenvalue weighted by Gasteiger charge is 2.23. The highest BCUT2D eigenvalue weighted by atomic mass is 19.1. The molecule has 0 unspecified atom stereocenters. The van der Waals surface area contributed by atoms with Crippen LogP contribution in [-0.2, 0) is 0 Å². The molecule has 0 saturated carbocycles. The van der Waals surface area contributed by atoms with Crippen LogP contribution in [0.2, 0.25) is 0 Å². The molecule has 1 aliphatic heterocycles. The number of nitrogens with one attached hydrogen (secondary N) is 1. The number of ether oxygens (including phenoxy) is 2. The smallest absolute Gasteiger partial charge is 0.322 e. The fourth-order valence-corrected chi connectivity index (χ4v) is 4.50. The topological polar surface area (TPSA) is 74.3 Å². The highest BCUT2D eigenvalue weighted by molar-refractivity contribution is 5.94. The molecule has 0 aliphatic carbocycles. The van der Waals surface area contributed by atoms with Crippen molar-refractivity contribution in [3.63, 3.8) is 0 Å². The third-order valence-corrected chi connectivity index (χ3v) is 6.85. The second-order valence-corrected chi connectivity index (χ2v) is 9.36. The molecule has 4 rings (SSSR count). The van der Waals surface area contributed by atoms with Gasteiger partial charge in [-0.15, -0.1) is 0 Å². The fourth-order valence-electron chi connectivity index (χ4n) is 4.50. The molecule has 9 heteroatoms. The van der Waals surface area contributed by atoms with E-state index in [0.29, 0.717) is 57.1 Å². The number of hydrogen-bond donors (Lipinski definition) is 1. The largest absolute Gasteiger partial charge is 0.497 e. The van der Waals surface area contributed by atoms with Gasteiger partial charge < -0.3 is 24.6 Å². The first-order chi connectivity index (χ1) is 19.5. The van der Waals surface area contributed by atoms with Crippen LogP contribution >= 0.6 is 0 Å². The number of carbonyl (C=O) groups is 2. The summed E-state index contributed by atoms with van der Waals surface area (Å²) >= 11 is 0. The van der Waals surface area contributed by atoms with Crippen molar-refractivity contribution in [3.05, 3.63) is 95.8 Å². The Morgan fingerprint density at radius 3 is 2.33 bits per heavy atom. The summed E-state index contributed by atoms with van der Waals surface area (Å²) in [7, 11) is 3.23. The van der Waals surface area contributed by atoms with Gasteiger partial charge in [-0.25, -0.2) is 9.18 Å². The van der Waals surface area contributed by atoms with E-state index in [4.69, 9.17) is 9.47 Å². The fraction of sp³-hybridized carbons (Fsp3) is 0.290. The number of para-hydroxylation sites is 2. The number of amides is 3. The molecule has 1 heterocycles. The van der Waals surface area contributed by atoms with E-state index in [-0.39, 0.29) is 17.6 Å². The summed E-state index contributed by atoms with van der Waals surface area (Å²) in [4.78, 5) is 31.8. The number of piperazine rings is 1. The lowest BCUT2D eigenvalue weighted by Gasteiger charge is -2.35. The molecule has 1 aliphatic rings. The molecule has 8 nitrogen and oxygen atoms in total. The predicted molar refractivity (Wildman–Crippen MR) is 154 cm³/mol. The van der Waals surface area contributed by atoms with Gasteiger partial charge in [-0.1, -0.05) is 42.5 Å². The van der Waals surface area contributed by atoms with Gasteiger partial charge in [0, 0.05) is 56.9 Å². The summed E-state index contributed by atoms with van der Waals surface area (Å²) in [6, 6.07) is 20.6. The maximum absolute atomic E-state index is 13.9. The van der Waals surface area contributed by atoms with E-state index in [1.165, 1.54) is 6.07 Å². The van der Waals surface area contributed by atoms with E-state index in [1.54, 1.807) is 61.6 Å². The Kier molecular flexibility index (Phi) is 10.1. The van der Waals surface area contributed by atoms with Crippen molar-refractivity contribution in [1.82, 2.24) is 14.7 Å². The van der Waals surface area contributed by atoms with E-state index < -0.39 is 5.82 Å². The molecule has 3 aromatic carbocycles. The molecular formula is C31H35FN4O4. The normalized spacial score (nSPS) is 13.7. The molecule has 0 spiro atoms. The van der Waals surface area contributed by atoms with Gasteiger partial charge in [0.05, 0.1) is 19.9 Å². The first-order valence-electron chi connectivity index (χ1n) is 13.2. The zero-order chi connectivity index (χ0) is 28.3. The lowest BCUT2D eigenvalue weighted by molar-refractivity contribution is 0.0739. The molecule has 1 N–H and O–H groups in total. The van der Waals surface area contributed by atoms with Crippen LogP contribution in [0.3, 0.4) is 0 Å². The maximum Gasteiger partial charge on any atom is 0.322 e. The van der Waals surface area contributed by atoms with E-state index in [1.807, 2.05) is 41.3 Å². The minimum absolute atomic E-state index is 0.0739. The van der Waals surface area contributed by atoms with Crippen LogP contribution in [0.1, 0.15) is 15.9 Å². The third-order valence-electron chi connectivity index (χ3n) is 6.85. The summed E-state index contributed by atoms with van der Waals surface area (Å²) in [5, 5.41) is 2.65. The molecule has 0 atom stereocenters. The zero-order valence-corrected chi connectivity index (χ0v) is 22.9. The first-order valence-corrected chi connectivity index (χ1v) is 13.2. The Labute approximate surface area is 234 Å². The number of benzene rings is 3. The lowest BCUT2D eigenvalue weighted by Crippen LogP contribution is -2.51. The summed E-state index contributed by atoms with van der Waals surface area (Å²) in [6.07, 6.45) is 3.92. The number of anilines is 1. The Balaban J connectivity index is 1.36. The highest BCUT2D eigenvalue weighted by Crippen LogP contribution is 2.19. The number of halogens is 1. The van der Waals surface area contributed by atoms with Crippen molar-refractivity contribution in [1.29, 1.82) is 0 Å². The Hall–Kier alpha value is -4.37. The van der Waals surface area contributed by atoms with Crippen LogP contribution < -0.4 is 14.8 Å². The van der Waals surface area contributed by atoms with Gasteiger partial charge in [-0.2, -0.15) is 0 Å². The molecule has 1 fully saturated rings.